The van der Waals surface area contributed by atoms with E-state index in [1.54, 1.807) is 6.20 Å². The molecular weight excluding hydrogens is 504 g/mol. The lowest BCUT2D eigenvalue weighted by Gasteiger charge is -2.20. The molecule has 2 heterocycles. The van der Waals surface area contributed by atoms with Crippen molar-refractivity contribution in [3.8, 4) is 0 Å². The van der Waals surface area contributed by atoms with Gasteiger partial charge >= 0.3 is 6.09 Å². The Hall–Kier alpha value is -3.13. The van der Waals surface area contributed by atoms with Gasteiger partial charge < -0.3 is 20.7 Å². The Morgan fingerprint density at radius 2 is 2.03 bits per heavy atom. The summed E-state index contributed by atoms with van der Waals surface area (Å²) in [6.45, 7) is 0.887. The van der Waals surface area contributed by atoms with E-state index < -0.39 is 28.3 Å². The minimum atomic E-state index is -3.78. The molecule has 2 amide bonds. The lowest BCUT2D eigenvalue weighted by Crippen LogP contribution is -2.49. The third-order valence-electron chi connectivity index (χ3n) is 5.06. The highest BCUT2D eigenvalue weighted by Gasteiger charge is 2.23. The standard InChI is InChI=1S/C23H30N6O5S2/c24-36(32,33)26-12-5-4-10-19(28-23(31)34-14-17-7-6-11-25-13-17)22(30)29-21-16-35-15-20(27-21)18-8-2-1-3-9-18/h1-3,6-9,13,15,19,25-26H,4-5,10-12,14,16H2,(H,28,31)(H2,24,32,33)(H,27,29,30)/t19-/m0/s1. The number of amides is 2. The van der Waals surface area contributed by atoms with Gasteiger partial charge in [0.1, 0.15) is 18.5 Å². The summed E-state index contributed by atoms with van der Waals surface area (Å²) < 4.78 is 29.5. The molecule has 1 atom stereocenters. The van der Waals surface area contributed by atoms with Crippen molar-refractivity contribution in [2.75, 3.05) is 25.4 Å². The summed E-state index contributed by atoms with van der Waals surface area (Å²) in [6, 6.07) is 8.70. The van der Waals surface area contributed by atoms with E-state index in [1.807, 2.05) is 47.9 Å². The summed E-state index contributed by atoms with van der Waals surface area (Å²) in [5.41, 5.74) is 2.46. The van der Waals surface area contributed by atoms with Gasteiger partial charge in [0.05, 0.1) is 11.4 Å². The van der Waals surface area contributed by atoms with E-state index in [0.29, 0.717) is 31.0 Å². The van der Waals surface area contributed by atoms with E-state index >= 15 is 0 Å². The molecule has 2 aliphatic heterocycles. The van der Waals surface area contributed by atoms with Crippen molar-refractivity contribution in [1.82, 2.24) is 20.7 Å². The van der Waals surface area contributed by atoms with Crippen molar-refractivity contribution in [3.63, 3.8) is 0 Å². The number of carbonyl (C=O) groups excluding carboxylic acids is 2. The number of aliphatic imine (C=N–C) groups is 1. The fourth-order valence-corrected chi connectivity index (χ4v) is 4.49. The Morgan fingerprint density at radius 3 is 2.75 bits per heavy atom. The van der Waals surface area contributed by atoms with Gasteiger partial charge in [-0.05, 0) is 24.7 Å². The number of unbranched alkanes of at least 4 members (excludes halogenated alkanes) is 1. The van der Waals surface area contributed by atoms with Crippen LogP contribution in [0.5, 0.6) is 0 Å². The Bertz CT molecular complexity index is 1150. The number of rotatable bonds is 11. The van der Waals surface area contributed by atoms with Gasteiger partial charge in [-0.25, -0.2) is 19.6 Å². The van der Waals surface area contributed by atoms with Crippen LogP contribution < -0.4 is 25.8 Å². The zero-order chi connectivity index (χ0) is 25.8. The zero-order valence-corrected chi connectivity index (χ0v) is 21.2. The summed E-state index contributed by atoms with van der Waals surface area (Å²) in [6.07, 6.45) is 5.92. The third-order valence-corrected chi connectivity index (χ3v) is 6.50. The van der Waals surface area contributed by atoms with Crippen molar-refractivity contribution >= 4 is 45.5 Å². The molecule has 1 aromatic rings. The lowest BCUT2D eigenvalue weighted by molar-refractivity contribution is -0.121. The van der Waals surface area contributed by atoms with Crippen molar-refractivity contribution in [2.24, 2.45) is 10.1 Å². The van der Waals surface area contributed by atoms with Gasteiger partial charge in [0.25, 0.3) is 10.2 Å². The number of benzene rings is 1. The molecular formula is C23H30N6O5S2. The second-order valence-corrected chi connectivity index (χ2v) is 10.2. The van der Waals surface area contributed by atoms with Gasteiger partial charge in [-0.2, -0.15) is 8.42 Å². The molecule has 0 saturated carbocycles. The van der Waals surface area contributed by atoms with Gasteiger partial charge in [-0.1, -0.05) is 42.5 Å². The molecule has 0 aliphatic carbocycles. The summed E-state index contributed by atoms with van der Waals surface area (Å²) in [7, 11) is -3.78. The first kappa shape index (κ1) is 27.5. The first-order valence-corrected chi connectivity index (χ1v) is 13.9. The van der Waals surface area contributed by atoms with Crippen LogP contribution in [0.4, 0.5) is 4.79 Å². The maximum absolute atomic E-state index is 13.1. The van der Waals surface area contributed by atoms with E-state index in [-0.39, 0.29) is 19.6 Å². The third kappa shape index (κ3) is 9.85. The summed E-state index contributed by atoms with van der Waals surface area (Å²) in [5, 5.41) is 15.3. The largest absolute Gasteiger partial charge is 0.445 e. The molecule has 0 fully saturated rings. The quantitative estimate of drug-likeness (QED) is 0.267. The predicted octanol–water partition coefficient (Wildman–Crippen LogP) is 1.35. The van der Waals surface area contributed by atoms with Crippen molar-refractivity contribution in [2.45, 2.75) is 25.3 Å². The molecule has 13 heteroatoms. The van der Waals surface area contributed by atoms with Crippen LogP contribution in [0.2, 0.25) is 0 Å². The van der Waals surface area contributed by atoms with Crippen LogP contribution in [-0.4, -0.2) is 57.7 Å². The lowest BCUT2D eigenvalue weighted by atomic mass is 10.1. The monoisotopic (exact) mass is 534 g/mol. The van der Waals surface area contributed by atoms with E-state index in [2.05, 4.69) is 25.7 Å². The van der Waals surface area contributed by atoms with Crippen LogP contribution >= 0.6 is 11.8 Å². The van der Waals surface area contributed by atoms with Crippen LogP contribution in [-0.2, 0) is 19.7 Å². The van der Waals surface area contributed by atoms with E-state index in [1.165, 1.54) is 11.8 Å². The highest BCUT2D eigenvalue weighted by atomic mass is 32.2. The average molecular weight is 535 g/mol. The second-order valence-electron chi connectivity index (χ2n) is 7.97. The number of ether oxygens (including phenoxy) is 1. The number of nitrogens with two attached hydrogens (primary N) is 1. The SMILES string of the molecule is NS(=O)(=O)NCCCC[C@H](NC(=O)OCC1=CNCC=C1)C(=O)NC1=NC(c2ccccc2)=CSC1. The first-order valence-electron chi connectivity index (χ1n) is 11.4. The van der Waals surface area contributed by atoms with Crippen LogP contribution in [0.15, 0.2) is 64.7 Å². The normalized spacial score (nSPS) is 16.1. The predicted molar refractivity (Wildman–Crippen MR) is 141 cm³/mol. The Labute approximate surface area is 214 Å². The molecule has 2 aliphatic rings. The van der Waals surface area contributed by atoms with Crippen molar-refractivity contribution < 1.29 is 22.7 Å². The van der Waals surface area contributed by atoms with Gasteiger partial charge in [0, 0.05) is 30.4 Å². The molecule has 1 aromatic carbocycles. The Morgan fingerprint density at radius 1 is 1.22 bits per heavy atom. The average Bonchev–Trinajstić information content (AvgIpc) is 2.87. The van der Waals surface area contributed by atoms with E-state index in [9.17, 15) is 18.0 Å². The highest BCUT2D eigenvalue weighted by Crippen LogP contribution is 2.24. The number of dihydropyridines is 1. The number of nitrogens with zero attached hydrogens (tertiary/aromatic N) is 1. The maximum Gasteiger partial charge on any atom is 0.408 e. The number of thioether (sulfide) groups is 1. The van der Waals surface area contributed by atoms with Crippen LogP contribution in [0, 0.1) is 0 Å². The zero-order valence-electron chi connectivity index (χ0n) is 19.6. The summed E-state index contributed by atoms with van der Waals surface area (Å²) in [4.78, 5) is 30.0. The molecule has 36 heavy (non-hydrogen) atoms. The highest BCUT2D eigenvalue weighted by molar-refractivity contribution is 8.03. The van der Waals surface area contributed by atoms with E-state index in [4.69, 9.17) is 9.88 Å². The maximum atomic E-state index is 13.1. The van der Waals surface area contributed by atoms with Crippen molar-refractivity contribution in [3.05, 3.63) is 65.2 Å². The van der Waals surface area contributed by atoms with Crippen molar-refractivity contribution in [1.29, 1.82) is 0 Å². The van der Waals surface area contributed by atoms with Crippen LogP contribution in [0.1, 0.15) is 24.8 Å². The first-order chi connectivity index (χ1) is 17.3. The van der Waals surface area contributed by atoms with Gasteiger partial charge in [0.15, 0.2) is 0 Å². The molecule has 0 saturated heterocycles. The number of hydrogen-bond donors (Lipinski definition) is 5. The number of amidine groups is 1. The molecule has 0 spiro atoms. The summed E-state index contributed by atoms with van der Waals surface area (Å²) in [5.74, 6) is 0.523. The fourth-order valence-electron chi connectivity index (χ4n) is 3.33. The number of hydrogen-bond acceptors (Lipinski definition) is 8. The molecule has 194 valence electrons. The number of nitrogens with one attached hydrogen (secondary N) is 4. The minimum Gasteiger partial charge on any atom is -0.445 e. The molecule has 0 aromatic heterocycles. The molecule has 0 unspecified atom stereocenters. The molecule has 3 rings (SSSR count). The second kappa shape index (κ2) is 13.8. The van der Waals surface area contributed by atoms with Crippen LogP contribution in [0.3, 0.4) is 0 Å². The molecule has 0 radical (unpaired) electrons. The van der Waals surface area contributed by atoms with Gasteiger partial charge in [0.2, 0.25) is 5.91 Å². The molecule has 6 N–H and O–H groups in total. The van der Waals surface area contributed by atoms with Gasteiger partial charge in [-0.15, -0.1) is 11.8 Å². The van der Waals surface area contributed by atoms with Gasteiger partial charge in [-0.3, -0.25) is 4.79 Å². The fraction of sp³-hybridized carbons (Fsp3) is 0.348. The molecule has 11 nitrogen and oxygen atoms in total. The van der Waals surface area contributed by atoms with Crippen LogP contribution in [0.25, 0.3) is 5.70 Å². The topological polar surface area (TPSA) is 164 Å². The van der Waals surface area contributed by atoms with E-state index in [0.717, 1.165) is 16.8 Å². The minimum absolute atomic E-state index is 0.0521. The molecule has 0 bridgehead atoms. The number of carbonyl (C=O) groups is 2. The summed E-state index contributed by atoms with van der Waals surface area (Å²) >= 11 is 1.51. The smallest absolute Gasteiger partial charge is 0.408 e. The Kier molecular flexibility index (Phi) is 10.5. The number of alkyl carbamates (subject to hydrolysis) is 1. The Balaban J connectivity index is 1.59.